The molecular formula is C14H19NO5. The molecule has 0 aliphatic heterocycles. The van der Waals surface area contributed by atoms with Crippen molar-refractivity contribution in [1.82, 2.24) is 5.32 Å². The number of aliphatic hydroxyl groups is 1. The monoisotopic (exact) mass is 281 g/mol. The molecule has 0 fully saturated rings. The SMILES string of the molecule is CCOC(=O)C(NC=O)C(O)c1ccc(OCC)cc1. The second-order valence-electron chi connectivity index (χ2n) is 3.96. The molecule has 1 aromatic rings. The summed E-state index contributed by atoms with van der Waals surface area (Å²) in [5.41, 5.74) is 0.487. The fourth-order valence-electron chi connectivity index (χ4n) is 1.71. The van der Waals surface area contributed by atoms with E-state index in [1.54, 1.807) is 31.2 Å². The van der Waals surface area contributed by atoms with Gasteiger partial charge in [0.15, 0.2) is 6.04 Å². The van der Waals surface area contributed by atoms with Gasteiger partial charge in [0, 0.05) is 0 Å². The summed E-state index contributed by atoms with van der Waals surface area (Å²) in [7, 11) is 0. The first-order chi connectivity index (χ1) is 9.63. The van der Waals surface area contributed by atoms with Gasteiger partial charge in [0.05, 0.1) is 13.2 Å². The van der Waals surface area contributed by atoms with Crippen LogP contribution in [0.25, 0.3) is 0 Å². The summed E-state index contributed by atoms with van der Waals surface area (Å²) in [6, 6.07) is 5.50. The van der Waals surface area contributed by atoms with E-state index in [4.69, 9.17) is 9.47 Å². The topological polar surface area (TPSA) is 84.9 Å². The zero-order valence-electron chi connectivity index (χ0n) is 11.5. The Bertz CT molecular complexity index is 432. The third kappa shape index (κ3) is 4.24. The summed E-state index contributed by atoms with van der Waals surface area (Å²) in [6.45, 7) is 4.23. The van der Waals surface area contributed by atoms with Crippen LogP contribution >= 0.6 is 0 Å². The summed E-state index contributed by atoms with van der Waals surface area (Å²) in [5, 5.41) is 12.4. The predicted octanol–water partition coefficient (Wildman–Crippen LogP) is 0.796. The standard InChI is InChI=1S/C14H19NO5/c1-3-19-11-7-5-10(6-8-11)13(17)12(15-9-16)14(18)20-4-2/h5-9,12-13,17H,3-4H2,1-2H3,(H,15,16). The number of hydrogen-bond acceptors (Lipinski definition) is 5. The van der Waals surface area contributed by atoms with Crippen molar-refractivity contribution in [2.45, 2.75) is 26.0 Å². The zero-order valence-corrected chi connectivity index (χ0v) is 11.5. The summed E-state index contributed by atoms with van der Waals surface area (Å²) in [6.07, 6.45) is -0.825. The van der Waals surface area contributed by atoms with E-state index in [0.29, 0.717) is 24.3 Å². The Labute approximate surface area is 117 Å². The molecule has 2 atom stereocenters. The number of ether oxygens (including phenoxy) is 2. The van der Waals surface area contributed by atoms with Crippen molar-refractivity contribution in [3.63, 3.8) is 0 Å². The molecule has 20 heavy (non-hydrogen) atoms. The van der Waals surface area contributed by atoms with E-state index in [0.717, 1.165) is 0 Å². The molecule has 0 heterocycles. The minimum atomic E-state index is -1.19. The van der Waals surface area contributed by atoms with E-state index in [9.17, 15) is 14.7 Å². The maximum atomic E-state index is 11.7. The summed E-state index contributed by atoms with van der Waals surface area (Å²) < 4.78 is 10.1. The first kappa shape index (κ1) is 16.0. The third-order valence-electron chi connectivity index (χ3n) is 2.64. The van der Waals surface area contributed by atoms with Crippen LogP contribution in [0.4, 0.5) is 0 Å². The van der Waals surface area contributed by atoms with Crippen LogP contribution in [-0.2, 0) is 14.3 Å². The quantitative estimate of drug-likeness (QED) is 0.544. The second kappa shape index (κ2) is 8.16. The van der Waals surface area contributed by atoms with E-state index in [2.05, 4.69) is 5.32 Å². The van der Waals surface area contributed by atoms with E-state index >= 15 is 0 Å². The molecule has 110 valence electrons. The van der Waals surface area contributed by atoms with Gasteiger partial charge in [-0.3, -0.25) is 4.79 Å². The van der Waals surface area contributed by atoms with Crippen LogP contribution in [0.5, 0.6) is 5.75 Å². The van der Waals surface area contributed by atoms with Crippen LogP contribution in [0.15, 0.2) is 24.3 Å². The van der Waals surface area contributed by atoms with Crippen LogP contribution in [-0.4, -0.2) is 36.7 Å². The maximum absolute atomic E-state index is 11.7. The molecule has 0 aliphatic rings. The molecule has 1 amide bonds. The molecule has 2 unspecified atom stereocenters. The average Bonchev–Trinajstić information content (AvgIpc) is 2.45. The molecule has 6 nitrogen and oxygen atoms in total. The van der Waals surface area contributed by atoms with Crippen molar-refractivity contribution in [2.75, 3.05) is 13.2 Å². The Morgan fingerprint density at radius 2 is 1.95 bits per heavy atom. The van der Waals surface area contributed by atoms with Crippen LogP contribution in [0, 0.1) is 0 Å². The van der Waals surface area contributed by atoms with E-state index in [1.165, 1.54) is 0 Å². The molecule has 0 bridgehead atoms. The lowest BCUT2D eigenvalue weighted by Crippen LogP contribution is -2.42. The minimum absolute atomic E-state index is 0.172. The molecular weight excluding hydrogens is 262 g/mol. The molecule has 6 heteroatoms. The van der Waals surface area contributed by atoms with Crippen molar-refractivity contribution in [2.24, 2.45) is 0 Å². The smallest absolute Gasteiger partial charge is 0.331 e. The first-order valence-electron chi connectivity index (χ1n) is 6.41. The van der Waals surface area contributed by atoms with Crippen LogP contribution in [0.1, 0.15) is 25.5 Å². The third-order valence-corrected chi connectivity index (χ3v) is 2.64. The number of hydrogen-bond donors (Lipinski definition) is 2. The molecule has 2 N–H and O–H groups in total. The van der Waals surface area contributed by atoms with Gasteiger partial charge in [-0.2, -0.15) is 0 Å². The predicted molar refractivity (Wildman–Crippen MR) is 72.2 cm³/mol. The van der Waals surface area contributed by atoms with Gasteiger partial charge in [0.1, 0.15) is 11.9 Å². The van der Waals surface area contributed by atoms with Gasteiger partial charge in [-0.05, 0) is 31.5 Å². The van der Waals surface area contributed by atoms with E-state index < -0.39 is 18.1 Å². The lowest BCUT2D eigenvalue weighted by Gasteiger charge is -2.21. The van der Waals surface area contributed by atoms with Crippen LogP contribution < -0.4 is 10.1 Å². The van der Waals surface area contributed by atoms with Gasteiger partial charge in [-0.25, -0.2) is 4.79 Å². The van der Waals surface area contributed by atoms with Crippen LogP contribution in [0.3, 0.4) is 0 Å². The highest BCUT2D eigenvalue weighted by Gasteiger charge is 2.28. The summed E-state index contributed by atoms with van der Waals surface area (Å²) in [4.78, 5) is 22.2. The molecule has 1 aromatic carbocycles. The molecule has 0 aliphatic carbocycles. The number of nitrogens with one attached hydrogen (secondary N) is 1. The first-order valence-corrected chi connectivity index (χ1v) is 6.41. The second-order valence-corrected chi connectivity index (χ2v) is 3.96. The van der Waals surface area contributed by atoms with Gasteiger partial charge in [-0.15, -0.1) is 0 Å². The molecule has 0 radical (unpaired) electrons. The Balaban J connectivity index is 2.84. The van der Waals surface area contributed by atoms with Gasteiger partial charge >= 0.3 is 5.97 Å². The minimum Gasteiger partial charge on any atom is -0.494 e. The highest BCUT2D eigenvalue weighted by Crippen LogP contribution is 2.21. The van der Waals surface area contributed by atoms with Crippen LogP contribution in [0.2, 0.25) is 0 Å². The van der Waals surface area contributed by atoms with Crippen molar-refractivity contribution >= 4 is 12.4 Å². The highest BCUT2D eigenvalue weighted by atomic mass is 16.5. The highest BCUT2D eigenvalue weighted by molar-refractivity contribution is 5.79. The molecule has 1 rings (SSSR count). The van der Waals surface area contributed by atoms with Gasteiger partial charge < -0.3 is 19.9 Å². The number of carbonyl (C=O) groups excluding carboxylic acids is 2. The maximum Gasteiger partial charge on any atom is 0.331 e. The van der Waals surface area contributed by atoms with E-state index in [1.807, 2.05) is 6.92 Å². The molecule has 0 aromatic heterocycles. The number of aliphatic hydroxyl groups excluding tert-OH is 1. The summed E-state index contributed by atoms with van der Waals surface area (Å²) >= 11 is 0. The normalized spacial score (nSPS) is 13.2. The Morgan fingerprint density at radius 3 is 2.45 bits per heavy atom. The zero-order chi connectivity index (χ0) is 15.0. The van der Waals surface area contributed by atoms with Gasteiger partial charge in [0.25, 0.3) is 0 Å². The Kier molecular flexibility index (Phi) is 6.52. The number of carbonyl (C=O) groups is 2. The number of amides is 1. The lowest BCUT2D eigenvalue weighted by molar-refractivity contribution is -0.149. The van der Waals surface area contributed by atoms with Crippen molar-refractivity contribution in [3.05, 3.63) is 29.8 Å². The number of rotatable bonds is 8. The van der Waals surface area contributed by atoms with Crippen molar-refractivity contribution in [1.29, 1.82) is 0 Å². The van der Waals surface area contributed by atoms with Gasteiger partial charge in [-0.1, -0.05) is 12.1 Å². The molecule has 0 spiro atoms. The molecule has 0 saturated heterocycles. The summed E-state index contributed by atoms with van der Waals surface area (Å²) in [5.74, 6) is -0.0135. The lowest BCUT2D eigenvalue weighted by atomic mass is 10.0. The number of benzene rings is 1. The average molecular weight is 281 g/mol. The largest absolute Gasteiger partial charge is 0.494 e. The van der Waals surface area contributed by atoms with E-state index in [-0.39, 0.29) is 6.61 Å². The Hall–Kier alpha value is -2.08. The van der Waals surface area contributed by atoms with Crippen molar-refractivity contribution < 1.29 is 24.2 Å². The van der Waals surface area contributed by atoms with Gasteiger partial charge in [0.2, 0.25) is 6.41 Å². The van der Waals surface area contributed by atoms with Crippen molar-refractivity contribution in [3.8, 4) is 5.75 Å². The number of esters is 1. The fraction of sp³-hybridized carbons (Fsp3) is 0.429. The molecule has 0 saturated carbocycles. The Morgan fingerprint density at radius 1 is 1.30 bits per heavy atom. The fourth-order valence-corrected chi connectivity index (χ4v) is 1.71.